The first-order valence-corrected chi connectivity index (χ1v) is 26.1. The lowest BCUT2D eigenvalue weighted by molar-refractivity contribution is -0.142. The second kappa shape index (κ2) is 39.0. The van der Waals surface area contributed by atoms with E-state index in [0.29, 0.717) is 53.1 Å². The number of hydrogen-bond acceptors (Lipinski definition) is 14. The van der Waals surface area contributed by atoms with E-state index < -0.39 is 180 Å². The number of aromatic amines is 1. The minimum absolute atomic E-state index is 0. The number of nitrogens with two attached hydrogens (primary N) is 1. The molecule has 6 aromatic rings. The van der Waals surface area contributed by atoms with Gasteiger partial charge >= 0.3 is 36.4 Å². The van der Waals surface area contributed by atoms with E-state index in [2.05, 4.69) is 27.3 Å². The van der Waals surface area contributed by atoms with Crippen molar-refractivity contribution in [3.05, 3.63) is 196 Å². The van der Waals surface area contributed by atoms with Crippen LogP contribution in [-0.2, 0) is 21.9 Å². The highest BCUT2D eigenvalue weighted by molar-refractivity contribution is 8.93. The lowest BCUT2D eigenvalue weighted by Crippen LogP contribution is -2.39. The van der Waals surface area contributed by atoms with Gasteiger partial charge in [0.1, 0.15) is 87.9 Å². The quantitative estimate of drug-likeness (QED) is 0.0410. The first-order valence-electron chi connectivity index (χ1n) is 24.6. The fourth-order valence-corrected chi connectivity index (χ4v) is 6.17. The molecule has 0 fully saturated rings. The first kappa shape index (κ1) is 91.4. The SMILES string of the molecule is Br.C.CCl.CN(C)C(=O)N/C(=C\C(=O)Nc1cc(F)c(C#N)cc1F)C(F)(F)F.CN(C)c1nc(C(F)(F)F)cc(=O)n1-c1cc(F)c(C#N)cc1F.CN=C(Cl)Cl.N#Cc1cc(F)c(-n2c(=O)cc(C(F)(F)F)[nH]c2=O)cc1F.N#Cc1cc(F)c(NC(=O)/C=C(\N)C(F)(F)F)cc1F. The van der Waals surface area contributed by atoms with Crippen molar-refractivity contribution in [2.45, 2.75) is 32.1 Å². The summed E-state index contributed by atoms with van der Waals surface area (Å²) in [6.07, 6.45) is -18.4. The zero-order chi connectivity index (χ0) is 76.0. The second-order valence-corrected chi connectivity index (χ2v) is 18.6. The van der Waals surface area contributed by atoms with E-state index in [9.17, 15) is 117 Å². The van der Waals surface area contributed by atoms with E-state index in [1.165, 1.54) is 76.2 Å². The zero-order valence-electron chi connectivity index (χ0n) is 49.5. The Hall–Kier alpha value is -10.7. The van der Waals surface area contributed by atoms with Gasteiger partial charge in [-0.3, -0.25) is 24.2 Å². The van der Waals surface area contributed by atoms with Gasteiger partial charge in [-0.05, 0) is 47.5 Å². The Balaban J connectivity index is 0. The average molecular weight is 1570 g/mol. The molecule has 2 heterocycles. The van der Waals surface area contributed by atoms with Crippen LogP contribution in [0.5, 0.6) is 0 Å². The number of carbonyl (C=O) groups is 3. The molecule has 0 radical (unpaired) electrons. The Morgan fingerprint density at radius 3 is 1.25 bits per heavy atom. The number of aliphatic imine (C=N–C) groups is 1. The van der Waals surface area contributed by atoms with E-state index in [1.807, 2.05) is 0 Å². The number of amides is 4. The highest BCUT2D eigenvalue weighted by atomic mass is 79.9. The fraction of sp³-hybridized carbons (Fsp3) is 0.200. The van der Waals surface area contributed by atoms with Crippen molar-refractivity contribution in [2.24, 2.45) is 10.7 Å². The first-order chi connectivity index (χ1) is 45.1. The summed E-state index contributed by atoms with van der Waals surface area (Å²) in [5.74, 6) is -12.9. The molecule has 0 bridgehead atoms. The highest BCUT2D eigenvalue weighted by Crippen LogP contribution is 2.31. The maximum Gasteiger partial charge on any atom is 0.433 e. The second-order valence-electron chi connectivity index (χ2n) is 17.7. The van der Waals surface area contributed by atoms with Crippen LogP contribution in [0.15, 0.2) is 104 Å². The van der Waals surface area contributed by atoms with Crippen molar-refractivity contribution < 1.29 is 102 Å². The lowest BCUT2D eigenvalue weighted by Gasteiger charge is -2.20. The summed E-state index contributed by atoms with van der Waals surface area (Å²) >= 11 is 14.6. The van der Waals surface area contributed by atoms with Crippen molar-refractivity contribution in [1.82, 2.24) is 29.3 Å². The zero-order valence-corrected chi connectivity index (χ0v) is 53.5. The summed E-state index contributed by atoms with van der Waals surface area (Å²) in [6, 6.07) is 8.36. The molecular formula is C55H41BrCl3F20N15O6. The number of anilines is 3. The molecule has 0 saturated carbocycles. The predicted octanol–water partition coefficient (Wildman–Crippen LogP) is 12.4. The standard InChI is InChI=1S/C14H11F5N4O2.C14H9F5N4O.C12H4F5N3O2.C11H6F5N3O.C2H3Cl2N.CH3Cl.CH4.BrH/c1-23(2)13(25)22-11(14(17,18)19)5-12(24)21-10-4-8(15)7(6-20)3-9(10)16;1-22(2)13-21-11(14(17,18)19)5-12(24)23(13)10-4-8(15)7(6-20)3-9(10)16;13-6-2-8(7(14)1-5(6)4-18)20-10(21)3-9(12(15,16)17)19-11(20)22;12-6-2-8(7(13)1-5(6)4-17)19-10(20)3-9(18)11(14,15)16;1-5-2(3)4;1-2;;/h3-5H,1-2H3,(H,21,24)(H,22,25);3-5H,1-2H3;1-3H,(H,19,22);1-3H,18H2,(H,19,20);1H3;1H3;1H4;1H/b11-5-;;;9-3-;;;;. The number of carbonyl (C=O) groups excluding carboxylic acids is 3. The molecule has 4 aromatic carbocycles. The van der Waals surface area contributed by atoms with Crippen molar-refractivity contribution in [2.75, 3.05) is 57.2 Å². The molecule has 21 nitrogen and oxygen atoms in total. The summed E-state index contributed by atoms with van der Waals surface area (Å²) in [5, 5.41) is 39.0. The molecule has 6 rings (SSSR count). The van der Waals surface area contributed by atoms with Crippen LogP contribution in [0.25, 0.3) is 11.4 Å². The number of benzene rings is 4. The number of allylic oxidation sites excluding steroid dienone is 2. The number of nitrogens with zero attached hydrogens (tertiary/aromatic N) is 10. The Morgan fingerprint density at radius 1 is 0.570 bits per heavy atom. The monoisotopic (exact) mass is 1570 g/mol. The number of H-pyrrole nitrogens is 1. The Morgan fingerprint density at radius 2 is 0.930 bits per heavy atom. The van der Waals surface area contributed by atoms with E-state index in [-0.39, 0.29) is 57.9 Å². The molecule has 6 N–H and O–H groups in total. The number of nitrogens with one attached hydrogen (secondary N) is 4. The number of urea groups is 1. The predicted molar refractivity (Wildman–Crippen MR) is 324 cm³/mol. The normalized spacial score (nSPS) is 10.8. The van der Waals surface area contributed by atoms with E-state index in [1.54, 1.807) is 10.6 Å². The van der Waals surface area contributed by atoms with Gasteiger partial charge < -0.3 is 36.5 Å². The van der Waals surface area contributed by atoms with Gasteiger partial charge in [-0.2, -0.15) is 73.7 Å². The molecule has 0 atom stereocenters. The third-order valence-electron chi connectivity index (χ3n) is 10.5. The van der Waals surface area contributed by atoms with Gasteiger partial charge in [-0.1, -0.05) is 7.43 Å². The number of hydrogen-bond donors (Lipinski definition) is 5. The minimum Gasteiger partial charge on any atom is -0.395 e. The van der Waals surface area contributed by atoms with Crippen molar-refractivity contribution >= 4 is 91.6 Å². The number of rotatable bonds is 8. The molecule has 4 amide bonds. The van der Waals surface area contributed by atoms with Gasteiger partial charge in [0.25, 0.3) is 22.9 Å². The van der Waals surface area contributed by atoms with Crippen LogP contribution in [0, 0.1) is 91.9 Å². The molecule has 0 unspecified atom stereocenters. The smallest absolute Gasteiger partial charge is 0.395 e. The van der Waals surface area contributed by atoms with Crippen LogP contribution in [0.2, 0.25) is 0 Å². The summed E-state index contributed by atoms with van der Waals surface area (Å²) in [7, 11) is 6.46. The molecule has 0 aliphatic heterocycles. The van der Waals surface area contributed by atoms with Gasteiger partial charge in [0.05, 0.1) is 45.0 Å². The fourth-order valence-electron chi connectivity index (χ4n) is 6.17. The van der Waals surface area contributed by atoms with Crippen LogP contribution in [0.1, 0.15) is 41.1 Å². The third kappa shape index (κ3) is 27.0. The van der Waals surface area contributed by atoms with Crippen molar-refractivity contribution in [3.63, 3.8) is 0 Å². The van der Waals surface area contributed by atoms with E-state index in [0.717, 1.165) is 9.80 Å². The Bertz CT molecular complexity index is 4400. The minimum atomic E-state index is -5.07. The van der Waals surface area contributed by atoms with Gasteiger partial charge in [0.2, 0.25) is 5.95 Å². The number of nitriles is 4. The molecule has 0 spiro atoms. The van der Waals surface area contributed by atoms with Gasteiger partial charge in [0.15, 0.2) is 10.3 Å². The summed E-state index contributed by atoms with van der Waals surface area (Å²) in [4.78, 5) is 79.2. The Labute approximate surface area is 573 Å². The summed E-state index contributed by atoms with van der Waals surface area (Å²) in [5.41, 5.74) is -11.8. The van der Waals surface area contributed by atoms with Gasteiger partial charge in [0, 0.05) is 90.2 Å². The summed E-state index contributed by atoms with van der Waals surface area (Å²) < 4.78 is 259. The maximum atomic E-state index is 14.1. The highest BCUT2D eigenvalue weighted by Gasteiger charge is 2.38. The van der Waals surface area contributed by atoms with Crippen molar-refractivity contribution in [3.8, 4) is 35.7 Å². The lowest BCUT2D eigenvalue weighted by atomic mass is 10.2. The molecule has 0 saturated heterocycles. The summed E-state index contributed by atoms with van der Waals surface area (Å²) in [6.45, 7) is 0. The number of halogens is 24. The topological polar surface area (TPSA) is 317 Å². The molecule has 0 aliphatic carbocycles. The van der Waals surface area contributed by atoms with Crippen molar-refractivity contribution in [1.29, 1.82) is 21.0 Å². The third-order valence-corrected chi connectivity index (χ3v) is 10.8. The molecular weight excluding hydrogens is 1530 g/mol. The van der Waals surface area contributed by atoms with Crippen LogP contribution in [-0.4, -0.2) is 100 Å². The maximum absolute atomic E-state index is 14.1. The van der Waals surface area contributed by atoms with E-state index in [4.69, 9.17) is 44.2 Å². The largest absolute Gasteiger partial charge is 0.433 e. The van der Waals surface area contributed by atoms with Crippen LogP contribution in [0.4, 0.5) is 110 Å². The molecule has 100 heavy (non-hydrogen) atoms. The van der Waals surface area contributed by atoms with E-state index >= 15 is 0 Å². The number of aromatic nitrogens is 4. The van der Waals surface area contributed by atoms with Gasteiger partial charge in [-0.15, -0.1) is 28.6 Å². The molecule has 540 valence electrons. The number of alkyl halides is 13. The molecule has 0 aliphatic rings. The molecule has 45 heteroatoms. The Kier molecular flexibility index (Phi) is 35.7. The van der Waals surface area contributed by atoms with Crippen LogP contribution < -0.4 is 43.4 Å². The van der Waals surface area contributed by atoms with Gasteiger partial charge in [-0.25, -0.2) is 58.8 Å². The molecule has 2 aromatic heterocycles. The van der Waals surface area contributed by atoms with Crippen LogP contribution >= 0.6 is 51.8 Å². The van der Waals surface area contributed by atoms with Crippen LogP contribution in [0.3, 0.4) is 0 Å². The average Bonchev–Trinajstić information content (AvgIpc) is 0.779.